The Morgan fingerprint density at radius 3 is 2.15 bits per heavy atom. The molecule has 5 nitrogen and oxygen atoms in total. The number of anilines is 1. The molecule has 3 aromatic carbocycles. The minimum absolute atomic E-state index is 0.0779. The van der Waals surface area contributed by atoms with Crippen LogP contribution in [-0.2, 0) is 13.1 Å². The van der Waals surface area contributed by atoms with Crippen molar-refractivity contribution in [3.8, 4) is 0 Å². The number of nitro benzene ring substituents is 1. The highest BCUT2D eigenvalue weighted by atomic mass is 32.1. The number of nitrogens with one attached hydrogen (secondary N) is 1. The average Bonchev–Trinajstić information content (AvgIpc) is 2.69. The second-order valence-electron chi connectivity index (χ2n) is 6.06. The smallest absolute Gasteiger partial charge is 0.269 e. The second-order valence-corrected chi connectivity index (χ2v) is 6.45. The molecule has 136 valence electrons. The summed E-state index contributed by atoms with van der Waals surface area (Å²) in [5.74, 6) is 0. The van der Waals surface area contributed by atoms with Gasteiger partial charge in [-0.15, -0.1) is 0 Å². The molecule has 1 N–H and O–H groups in total. The fourth-order valence-corrected chi connectivity index (χ4v) is 2.96. The molecule has 0 spiro atoms. The molecule has 0 saturated heterocycles. The first kappa shape index (κ1) is 18.5. The third-order valence-electron chi connectivity index (χ3n) is 4.02. The first-order chi connectivity index (χ1) is 13.1. The largest absolute Gasteiger partial charge is 0.340 e. The number of benzene rings is 3. The molecule has 0 aromatic heterocycles. The van der Waals surface area contributed by atoms with Crippen LogP contribution in [0.5, 0.6) is 0 Å². The van der Waals surface area contributed by atoms with Crippen LogP contribution in [0.1, 0.15) is 11.1 Å². The summed E-state index contributed by atoms with van der Waals surface area (Å²) in [4.78, 5) is 12.7. The number of non-ortho nitro benzene ring substituents is 1. The molecule has 0 aliphatic heterocycles. The van der Waals surface area contributed by atoms with Crippen LogP contribution in [0.2, 0.25) is 0 Å². The Labute approximate surface area is 163 Å². The molecule has 3 aromatic rings. The summed E-state index contributed by atoms with van der Waals surface area (Å²) in [6, 6.07) is 26.3. The van der Waals surface area contributed by atoms with Gasteiger partial charge in [0.25, 0.3) is 5.69 Å². The van der Waals surface area contributed by atoms with Gasteiger partial charge in [0.15, 0.2) is 5.11 Å². The Kier molecular flexibility index (Phi) is 6.12. The molecule has 0 unspecified atom stereocenters. The maximum absolute atomic E-state index is 11.1. The lowest BCUT2D eigenvalue weighted by molar-refractivity contribution is -0.384. The molecule has 0 heterocycles. The Morgan fingerprint density at radius 2 is 1.48 bits per heavy atom. The number of nitro groups is 1. The van der Waals surface area contributed by atoms with Gasteiger partial charge in [-0.05, 0) is 35.5 Å². The predicted octanol–water partition coefficient (Wildman–Crippen LogP) is 4.99. The van der Waals surface area contributed by atoms with E-state index >= 15 is 0 Å². The van der Waals surface area contributed by atoms with Crippen molar-refractivity contribution in [3.05, 3.63) is 106 Å². The van der Waals surface area contributed by atoms with Gasteiger partial charge >= 0.3 is 0 Å². The van der Waals surface area contributed by atoms with Crippen LogP contribution in [-0.4, -0.2) is 14.9 Å². The molecule has 0 aliphatic rings. The molecule has 0 atom stereocenters. The average molecular weight is 377 g/mol. The Bertz CT molecular complexity index is 917. The fourth-order valence-electron chi connectivity index (χ4n) is 2.72. The highest BCUT2D eigenvalue weighted by Gasteiger charge is 2.14. The summed E-state index contributed by atoms with van der Waals surface area (Å²) < 4.78 is 0. The molecular weight excluding hydrogens is 358 g/mol. The van der Waals surface area contributed by atoms with E-state index in [-0.39, 0.29) is 10.6 Å². The van der Waals surface area contributed by atoms with Crippen molar-refractivity contribution in [2.75, 3.05) is 5.32 Å². The summed E-state index contributed by atoms with van der Waals surface area (Å²) in [6.45, 7) is 1.07. The molecule has 0 fully saturated rings. The fraction of sp³-hybridized carbons (Fsp3) is 0.0952. The number of rotatable bonds is 6. The quantitative estimate of drug-likeness (QED) is 0.372. The summed E-state index contributed by atoms with van der Waals surface area (Å²) in [6.07, 6.45) is 0. The highest BCUT2D eigenvalue weighted by Crippen LogP contribution is 2.17. The van der Waals surface area contributed by atoms with Crippen LogP contribution < -0.4 is 5.32 Å². The minimum Gasteiger partial charge on any atom is -0.340 e. The van der Waals surface area contributed by atoms with Gasteiger partial charge in [0, 0.05) is 30.9 Å². The number of para-hydroxylation sites is 1. The Balaban J connectivity index is 1.81. The van der Waals surface area contributed by atoms with Gasteiger partial charge in [-0.2, -0.15) is 0 Å². The van der Waals surface area contributed by atoms with Gasteiger partial charge in [-0.25, -0.2) is 0 Å². The lowest BCUT2D eigenvalue weighted by Gasteiger charge is -2.26. The van der Waals surface area contributed by atoms with Crippen LogP contribution >= 0.6 is 12.2 Å². The topological polar surface area (TPSA) is 58.4 Å². The summed E-state index contributed by atoms with van der Waals surface area (Å²) >= 11 is 5.62. The molecule has 3 rings (SSSR count). The molecule has 0 bridgehead atoms. The third kappa shape index (κ3) is 5.36. The normalized spacial score (nSPS) is 10.2. The third-order valence-corrected chi connectivity index (χ3v) is 4.38. The summed E-state index contributed by atoms with van der Waals surface area (Å²) in [5.41, 5.74) is 2.92. The van der Waals surface area contributed by atoms with E-state index in [0.717, 1.165) is 16.8 Å². The van der Waals surface area contributed by atoms with Crippen molar-refractivity contribution in [2.24, 2.45) is 0 Å². The van der Waals surface area contributed by atoms with Crippen molar-refractivity contribution in [1.29, 1.82) is 0 Å². The van der Waals surface area contributed by atoms with Crippen LogP contribution in [0.25, 0.3) is 0 Å². The monoisotopic (exact) mass is 377 g/mol. The number of hydrogen-bond acceptors (Lipinski definition) is 3. The van der Waals surface area contributed by atoms with Crippen LogP contribution in [0.15, 0.2) is 84.9 Å². The zero-order chi connectivity index (χ0) is 19.1. The lowest BCUT2D eigenvalue weighted by Crippen LogP contribution is -2.33. The van der Waals surface area contributed by atoms with Crippen LogP contribution in [0.3, 0.4) is 0 Å². The van der Waals surface area contributed by atoms with Gasteiger partial charge < -0.3 is 10.2 Å². The van der Waals surface area contributed by atoms with Crippen LogP contribution in [0.4, 0.5) is 11.4 Å². The molecule has 0 aliphatic carbocycles. The second kappa shape index (κ2) is 8.91. The predicted molar refractivity (Wildman–Crippen MR) is 111 cm³/mol. The van der Waals surface area contributed by atoms with E-state index in [0.29, 0.717) is 18.2 Å². The van der Waals surface area contributed by atoms with Gasteiger partial charge in [-0.1, -0.05) is 60.7 Å². The molecule has 6 heteroatoms. The van der Waals surface area contributed by atoms with Gasteiger partial charge in [0.1, 0.15) is 0 Å². The lowest BCUT2D eigenvalue weighted by atomic mass is 10.1. The first-order valence-corrected chi connectivity index (χ1v) is 8.91. The van der Waals surface area contributed by atoms with E-state index in [1.807, 2.05) is 71.6 Å². The number of hydrogen-bond donors (Lipinski definition) is 1. The molecular formula is C21H19N3O2S. The number of nitrogens with zero attached hydrogens (tertiary/aromatic N) is 2. The standard InChI is InChI=1S/C21H19N3O2S/c25-24(26)20-13-7-10-18(14-20)16-23(15-17-8-3-1-4-9-17)21(27)22-19-11-5-2-6-12-19/h1-14H,15-16H2,(H,22,27). The van der Waals surface area contributed by atoms with E-state index in [9.17, 15) is 10.1 Å². The van der Waals surface area contributed by atoms with Crippen molar-refractivity contribution >= 4 is 28.7 Å². The van der Waals surface area contributed by atoms with Crippen molar-refractivity contribution in [1.82, 2.24) is 4.90 Å². The Hall–Kier alpha value is -3.25. The molecule has 0 saturated carbocycles. The van der Waals surface area contributed by atoms with Crippen molar-refractivity contribution in [2.45, 2.75) is 13.1 Å². The molecule has 27 heavy (non-hydrogen) atoms. The number of thiocarbonyl (C=S) groups is 1. The first-order valence-electron chi connectivity index (χ1n) is 8.50. The van der Waals surface area contributed by atoms with E-state index in [4.69, 9.17) is 12.2 Å². The van der Waals surface area contributed by atoms with Crippen LogP contribution in [0, 0.1) is 10.1 Å². The van der Waals surface area contributed by atoms with E-state index in [1.54, 1.807) is 12.1 Å². The van der Waals surface area contributed by atoms with Gasteiger partial charge in [0.2, 0.25) is 0 Å². The summed E-state index contributed by atoms with van der Waals surface area (Å²) in [7, 11) is 0. The van der Waals surface area contributed by atoms with Crippen molar-refractivity contribution < 1.29 is 4.92 Å². The maximum atomic E-state index is 11.1. The zero-order valence-electron chi connectivity index (χ0n) is 14.6. The van der Waals surface area contributed by atoms with E-state index in [1.165, 1.54) is 6.07 Å². The Morgan fingerprint density at radius 1 is 0.889 bits per heavy atom. The minimum atomic E-state index is -0.383. The maximum Gasteiger partial charge on any atom is 0.269 e. The SMILES string of the molecule is O=[N+]([O-])c1cccc(CN(Cc2ccccc2)C(=S)Nc2ccccc2)c1. The van der Waals surface area contributed by atoms with Crippen molar-refractivity contribution in [3.63, 3.8) is 0 Å². The van der Waals surface area contributed by atoms with Gasteiger partial charge in [-0.3, -0.25) is 10.1 Å². The van der Waals surface area contributed by atoms with E-state index < -0.39 is 0 Å². The summed E-state index contributed by atoms with van der Waals surface area (Å²) in [5, 5.41) is 14.9. The molecule has 0 amide bonds. The molecule has 0 radical (unpaired) electrons. The highest BCUT2D eigenvalue weighted by molar-refractivity contribution is 7.80. The zero-order valence-corrected chi connectivity index (χ0v) is 15.4. The van der Waals surface area contributed by atoms with E-state index in [2.05, 4.69) is 5.32 Å². The van der Waals surface area contributed by atoms with Gasteiger partial charge in [0.05, 0.1) is 4.92 Å².